The number of rotatable bonds is 4. The summed E-state index contributed by atoms with van der Waals surface area (Å²) < 4.78 is 10.4. The van der Waals surface area contributed by atoms with Gasteiger partial charge in [0.1, 0.15) is 0 Å². The van der Waals surface area contributed by atoms with Gasteiger partial charge >= 0.3 is 0 Å². The number of aromatic hydroxyl groups is 1. The normalized spacial score (nSPS) is 17.4. The van der Waals surface area contributed by atoms with Crippen LogP contribution in [-0.4, -0.2) is 25.9 Å². The van der Waals surface area contributed by atoms with Crippen molar-refractivity contribution in [2.45, 2.75) is 24.7 Å². The third kappa shape index (κ3) is 1.82. The summed E-state index contributed by atoms with van der Waals surface area (Å²) in [4.78, 5) is 0. The lowest BCUT2D eigenvalue weighted by Crippen LogP contribution is -2.41. The zero-order valence-corrected chi connectivity index (χ0v) is 10.3. The highest BCUT2D eigenvalue weighted by molar-refractivity contribution is 5.55. The van der Waals surface area contributed by atoms with Gasteiger partial charge in [-0.15, -0.1) is 0 Å². The fourth-order valence-electron chi connectivity index (χ4n) is 2.46. The third-order valence-corrected chi connectivity index (χ3v) is 3.77. The van der Waals surface area contributed by atoms with Crippen molar-refractivity contribution >= 4 is 0 Å². The van der Waals surface area contributed by atoms with Crippen LogP contribution in [-0.2, 0) is 5.41 Å². The maximum atomic E-state index is 9.94. The Balaban J connectivity index is 2.46. The van der Waals surface area contributed by atoms with E-state index in [-0.39, 0.29) is 11.2 Å². The summed E-state index contributed by atoms with van der Waals surface area (Å²) in [6, 6.07) is 3.66. The molecular weight excluding hydrogens is 218 g/mol. The number of hydrogen-bond acceptors (Lipinski definition) is 4. The van der Waals surface area contributed by atoms with Crippen LogP contribution in [0.15, 0.2) is 12.1 Å². The first-order valence-electron chi connectivity index (χ1n) is 5.82. The molecule has 3 N–H and O–H groups in total. The molecule has 0 unspecified atom stereocenters. The number of ether oxygens (including phenoxy) is 2. The molecule has 0 atom stereocenters. The summed E-state index contributed by atoms with van der Waals surface area (Å²) in [5.74, 6) is 1.05. The molecule has 0 bridgehead atoms. The maximum absolute atomic E-state index is 9.94. The second-order valence-electron chi connectivity index (χ2n) is 4.57. The second-order valence-corrected chi connectivity index (χ2v) is 4.57. The molecule has 4 nitrogen and oxygen atoms in total. The molecule has 0 aliphatic heterocycles. The molecule has 2 rings (SSSR count). The Morgan fingerprint density at radius 1 is 1.29 bits per heavy atom. The number of methoxy groups -OCH3 is 2. The molecule has 94 valence electrons. The van der Waals surface area contributed by atoms with E-state index in [1.807, 2.05) is 6.07 Å². The van der Waals surface area contributed by atoms with Crippen LogP contribution in [0.5, 0.6) is 17.2 Å². The van der Waals surface area contributed by atoms with Crippen LogP contribution in [0.4, 0.5) is 0 Å². The van der Waals surface area contributed by atoms with Gasteiger partial charge in [0, 0.05) is 12.0 Å². The molecule has 0 spiro atoms. The summed E-state index contributed by atoms with van der Waals surface area (Å²) in [5, 5.41) is 9.94. The average Bonchev–Trinajstić information content (AvgIpc) is 2.27. The molecule has 17 heavy (non-hydrogen) atoms. The summed E-state index contributed by atoms with van der Waals surface area (Å²) >= 11 is 0. The summed E-state index contributed by atoms with van der Waals surface area (Å²) in [5.41, 5.74) is 6.91. The second kappa shape index (κ2) is 4.45. The lowest BCUT2D eigenvalue weighted by Gasteiger charge is -2.41. The highest BCUT2D eigenvalue weighted by Crippen LogP contribution is 2.47. The Bertz CT molecular complexity index is 408. The molecule has 1 aliphatic rings. The van der Waals surface area contributed by atoms with Crippen LogP contribution in [0, 0.1) is 0 Å². The molecule has 0 amide bonds. The summed E-state index contributed by atoms with van der Waals surface area (Å²) in [6.45, 7) is 0.599. The van der Waals surface area contributed by atoms with Crippen LogP contribution in [0.3, 0.4) is 0 Å². The Morgan fingerprint density at radius 2 is 2.00 bits per heavy atom. The lowest BCUT2D eigenvalue weighted by molar-refractivity contribution is 0.249. The van der Waals surface area contributed by atoms with Crippen molar-refractivity contribution in [3.63, 3.8) is 0 Å². The van der Waals surface area contributed by atoms with Gasteiger partial charge in [-0.2, -0.15) is 0 Å². The van der Waals surface area contributed by atoms with E-state index < -0.39 is 0 Å². The topological polar surface area (TPSA) is 64.7 Å². The first-order valence-corrected chi connectivity index (χ1v) is 5.82. The van der Waals surface area contributed by atoms with Gasteiger partial charge in [0.2, 0.25) is 5.75 Å². The molecule has 1 aromatic carbocycles. The number of phenolic OH excluding ortho intramolecular Hbond substituents is 1. The Morgan fingerprint density at radius 3 is 2.41 bits per heavy atom. The standard InChI is InChI=1S/C13H19NO3/c1-16-11-7-9(6-10(15)12(11)17-2)13(8-14)4-3-5-13/h6-7,15H,3-5,8,14H2,1-2H3. The van der Waals surface area contributed by atoms with Gasteiger partial charge in [-0.3, -0.25) is 0 Å². The van der Waals surface area contributed by atoms with Gasteiger partial charge in [-0.1, -0.05) is 6.42 Å². The number of hydrogen-bond donors (Lipinski definition) is 2. The van der Waals surface area contributed by atoms with Crippen LogP contribution < -0.4 is 15.2 Å². The number of phenols is 1. The molecule has 1 aliphatic carbocycles. The van der Waals surface area contributed by atoms with Crippen molar-refractivity contribution in [1.29, 1.82) is 0 Å². The minimum absolute atomic E-state index is 0.0109. The van der Waals surface area contributed by atoms with E-state index >= 15 is 0 Å². The van der Waals surface area contributed by atoms with Crippen LogP contribution in [0.1, 0.15) is 24.8 Å². The molecule has 1 aromatic rings. The molecule has 0 saturated heterocycles. The van der Waals surface area contributed by atoms with E-state index in [9.17, 15) is 5.11 Å². The van der Waals surface area contributed by atoms with Crippen LogP contribution >= 0.6 is 0 Å². The highest BCUT2D eigenvalue weighted by atomic mass is 16.5. The van der Waals surface area contributed by atoms with E-state index in [1.54, 1.807) is 13.2 Å². The van der Waals surface area contributed by atoms with Gasteiger partial charge in [0.05, 0.1) is 14.2 Å². The van der Waals surface area contributed by atoms with E-state index in [4.69, 9.17) is 15.2 Å². The van der Waals surface area contributed by atoms with Crippen LogP contribution in [0.25, 0.3) is 0 Å². The minimum atomic E-state index is 0.0109. The van der Waals surface area contributed by atoms with Gasteiger partial charge in [-0.05, 0) is 30.5 Å². The largest absolute Gasteiger partial charge is 0.504 e. The van der Waals surface area contributed by atoms with Crippen molar-refractivity contribution in [2.75, 3.05) is 20.8 Å². The maximum Gasteiger partial charge on any atom is 0.203 e. The Labute approximate surface area is 101 Å². The van der Waals surface area contributed by atoms with Crippen molar-refractivity contribution in [3.05, 3.63) is 17.7 Å². The predicted octanol–water partition coefficient (Wildman–Crippen LogP) is 1.79. The first kappa shape index (κ1) is 12.0. The van der Waals surface area contributed by atoms with Crippen molar-refractivity contribution in [3.8, 4) is 17.2 Å². The molecule has 0 radical (unpaired) electrons. The SMILES string of the molecule is COc1cc(C2(CN)CCC2)cc(O)c1OC. The number of nitrogens with two attached hydrogens (primary N) is 1. The first-order chi connectivity index (χ1) is 8.16. The summed E-state index contributed by atoms with van der Waals surface area (Å²) in [6.07, 6.45) is 3.32. The smallest absolute Gasteiger partial charge is 0.203 e. The number of benzene rings is 1. The van der Waals surface area contributed by atoms with E-state index in [2.05, 4.69) is 0 Å². The fraction of sp³-hybridized carbons (Fsp3) is 0.538. The average molecular weight is 237 g/mol. The Kier molecular flexibility index (Phi) is 3.15. The molecule has 4 heteroatoms. The lowest BCUT2D eigenvalue weighted by atomic mass is 9.64. The van der Waals surface area contributed by atoms with E-state index in [1.165, 1.54) is 13.5 Å². The minimum Gasteiger partial charge on any atom is -0.504 e. The third-order valence-electron chi connectivity index (χ3n) is 3.77. The van der Waals surface area contributed by atoms with Crippen molar-refractivity contribution in [2.24, 2.45) is 5.73 Å². The zero-order chi connectivity index (χ0) is 12.5. The molecular formula is C13H19NO3. The highest BCUT2D eigenvalue weighted by Gasteiger charge is 2.38. The summed E-state index contributed by atoms with van der Waals surface area (Å²) in [7, 11) is 3.08. The van der Waals surface area contributed by atoms with Crippen molar-refractivity contribution < 1.29 is 14.6 Å². The van der Waals surface area contributed by atoms with E-state index in [0.29, 0.717) is 18.0 Å². The molecule has 1 saturated carbocycles. The fourth-order valence-corrected chi connectivity index (χ4v) is 2.46. The quantitative estimate of drug-likeness (QED) is 0.838. The monoisotopic (exact) mass is 237 g/mol. The zero-order valence-electron chi connectivity index (χ0n) is 10.3. The predicted molar refractivity (Wildman–Crippen MR) is 65.8 cm³/mol. The molecule has 0 heterocycles. The van der Waals surface area contributed by atoms with Gasteiger partial charge in [0.25, 0.3) is 0 Å². The molecule has 1 fully saturated rings. The van der Waals surface area contributed by atoms with Gasteiger partial charge < -0.3 is 20.3 Å². The van der Waals surface area contributed by atoms with Gasteiger partial charge in [-0.25, -0.2) is 0 Å². The van der Waals surface area contributed by atoms with Crippen molar-refractivity contribution in [1.82, 2.24) is 0 Å². The van der Waals surface area contributed by atoms with E-state index in [0.717, 1.165) is 18.4 Å². The Hall–Kier alpha value is -1.42. The van der Waals surface area contributed by atoms with Gasteiger partial charge in [0.15, 0.2) is 11.5 Å². The molecule has 0 aromatic heterocycles. The van der Waals surface area contributed by atoms with Crippen LogP contribution in [0.2, 0.25) is 0 Å².